The Bertz CT molecular complexity index is 1220. The third-order valence-corrected chi connectivity index (χ3v) is 5.36. The number of halogens is 1. The van der Waals surface area contributed by atoms with Gasteiger partial charge in [-0.1, -0.05) is 66.2 Å². The first kappa shape index (κ1) is 21.0. The highest BCUT2D eigenvalue weighted by molar-refractivity contribution is 7.71. The van der Waals surface area contributed by atoms with Gasteiger partial charge in [0.05, 0.1) is 13.7 Å². The van der Waals surface area contributed by atoms with Crippen LogP contribution in [0.2, 0.25) is 5.02 Å². The van der Waals surface area contributed by atoms with Crippen LogP contribution in [0.25, 0.3) is 11.4 Å². The lowest BCUT2D eigenvalue weighted by atomic mass is 10.2. The fraction of sp³-hybridized carbons (Fsp3) is 0.130. The SMILES string of the molecule is COc1cc(CNn2c(-c3ccccc3)n[nH]c2=S)ccc1OCc1ccccc1Cl. The molecular formula is C23H21ClN4O2S. The summed E-state index contributed by atoms with van der Waals surface area (Å²) in [5.74, 6) is 2.01. The molecule has 3 aromatic carbocycles. The molecule has 0 fully saturated rings. The maximum atomic E-state index is 6.21. The molecule has 0 spiro atoms. The number of aromatic nitrogens is 3. The van der Waals surface area contributed by atoms with Crippen molar-refractivity contribution in [3.8, 4) is 22.9 Å². The molecule has 4 aromatic rings. The molecule has 0 aliphatic carbocycles. The molecule has 8 heteroatoms. The summed E-state index contributed by atoms with van der Waals surface area (Å²) in [6, 6.07) is 23.3. The summed E-state index contributed by atoms with van der Waals surface area (Å²) in [5, 5.41) is 7.85. The number of benzene rings is 3. The van der Waals surface area contributed by atoms with Gasteiger partial charge in [-0.2, -0.15) is 5.10 Å². The molecule has 2 N–H and O–H groups in total. The summed E-state index contributed by atoms with van der Waals surface area (Å²) < 4.78 is 13.7. The second-order valence-electron chi connectivity index (χ2n) is 6.75. The highest BCUT2D eigenvalue weighted by Crippen LogP contribution is 2.30. The first-order valence-corrected chi connectivity index (χ1v) is 10.4. The largest absolute Gasteiger partial charge is 0.493 e. The molecule has 0 saturated carbocycles. The van der Waals surface area contributed by atoms with Gasteiger partial charge in [0.15, 0.2) is 17.3 Å². The predicted octanol–water partition coefficient (Wildman–Crippen LogP) is 5.59. The summed E-state index contributed by atoms with van der Waals surface area (Å²) in [6.45, 7) is 0.882. The number of H-pyrrole nitrogens is 1. The third kappa shape index (κ3) is 4.90. The van der Waals surface area contributed by atoms with Crippen molar-refractivity contribution in [2.75, 3.05) is 12.5 Å². The van der Waals surface area contributed by atoms with E-state index in [9.17, 15) is 0 Å². The van der Waals surface area contributed by atoms with Crippen molar-refractivity contribution in [1.82, 2.24) is 14.9 Å². The number of ether oxygens (including phenoxy) is 2. The van der Waals surface area contributed by atoms with E-state index in [-0.39, 0.29) is 0 Å². The van der Waals surface area contributed by atoms with Crippen molar-refractivity contribution in [3.63, 3.8) is 0 Å². The van der Waals surface area contributed by atoms with Crippen LogP contribution in [0.15, 0.2) is 72.8 Å². The van der Waals surface area contributed by atoms with Crippen molar-refractivity contribution >= 4 is 23.8 Å². The van der Waals surface area contributed by atoms with E-state index in [1.165, 1.54) is 0 Å². The van der Waals surface area contributed by atoms with E-state index in [1.54, 1.807) is 11.8 Å². The maximum absolute atomic E-state index is 6.21. The van der Waals surface area contributed by atoms with Gasteiger partial charge in [0.2, 0.25) is 4.77 Å². The molecule has 1 heterocycles. The molecule has 31 heavy (non-hydrogen) atoms. The fourth-order valence-corrected chi connectivity index (χ4v) is 3.49. The quantitative estimate of drug-likeness (QED) is 0.341. The second kappa shape index (κ2) is 9.68. The molecule has 0 atom stereocenters. The van der Waals surface area contributed by atoms with Crippen LogP contribution in [0, 0.1) is 4.77 Å². The van der Waals surface area contributed by atoms with Gasteiger partial charge in [0, 0.05) is 16.1 Å². The molecular weight excluding hydrogens is 432 g/mol. The van der Waals surface area contributed by atoms with E-state index < -0.39 is 0 Å². The van der Waals surface area contributed by atoms with E-state index in [0.717, 1.165) is 22.5 Å². The number of nitrogens with one attached hydrogen (secondary N) is 2. The van der Waals surface area contributed by atoms with Crippen molar-refractivity contribution in [1.29, 1.82) is 0 Å². The third-order valence-electron chi connectivity index (χ3n) is 4.71. The molecule has 0 radical (unpaired) electrons. The van der Waals surface area contributed by atoms with E-state index in [1.807, 2.05) is 72.8 Å². The lowest BCUT2D eigenvalue weighted by molar-refractivity contribution is 0.284. The molecule has 0 amide bonds. The lowest BCUT2D eigenvalue weighted by Crippen LogP contribution is -2.16. The molecule has 158 valence electrons. The number of hydrogen-bond acceptors (Lipinski definition) is 5. The number of methoxy groups -OCH3 is 1. The first-order valence-electron chi connectivity index (χ1n) is 9.65. The Balaban J connectivity index is 1.48. The second-order valence-corrected chi connectivity index (χ2v) is 7.55. The zero-order valence-corrected chi connectivity index (χ0v) is 18.4. The van der Waals surface area contributed by atoms with E-state index in [0.29, 0.717) is 34.4 Å². The van der Waals surface area contributed by atoms with Gasteiger partial charge in [0.1, 0.15) is 6.61 Å². The Hall–Kier alpha value is -3.29. The van der Waals surface area contributed by atoms with Gasteiger partial charge in [-0.15, -0.1) is 0 Å². The molecule has 0 aliphatic heterocycles. The van der Waals surface area contributed by atoms with Crippen LogP contribution in [0.5, 0.6) is 11.5 Å². The minimum Gasteiger partial charge on any atom is -0.493 e. The molecule has 4 rings (SSSR count). The lowest BCUT2D eigenvalue weighted by Gasteiger charge is -2.14. The molecule has 0 unspecified atom stereocenters. The summed E-state index contributed by atoms with van der Waals surface area (Å²) >= 11 is 11.6. The minimum atomic E-state index is 0.359. The zero-order chi connectivity index (χ0) is 21.6. The van der Waals surface area contributed by atoms with Crippen LogP contribution in [0.4, 0.5) is 0 Å². The van der Waals surface area contributed by atoms with Crippen LogP contribution in [-0.2, 0) is 13.2 Å². The molecule has 0 bridgehead atoms. The first-order chi connectivity index (χ1) is 15.2. The maximum Gasteiger partial charge on any atom is 0.214 e. The summed E-state index contributed by atoms with van der Waals surface area (Å²) in [7, 11) is 1.62. The van der Waals surface area contributed by atoms with E-state index in [2.05, 4.69) is 15.6 Å². The van der Waals surface area contributed by atoms with Crippen molar-refractivity contribution in [2.45, 2.75) is 13.2 Å². The molecule has 6 nitrogen and oxygen atoms in total. The normalized spacial score (nSPS) is 10.6. The van der Waals surface area contributed by atoms with Crippen molar-refractivity contribution in [2.24, 2.45) is 0 Å². The molecule has 1 aromatic heterocycles. The van der Waals surface area contributed by atoms with Gasteiger partial charge in [-0.05, 0) is 36.0 Å². The average molecular weight is 453 g/mol. The van der Waals surface area contributed by atoms with Crippen LogP contribution in [-0.4, -0.2) is 22.0 Å². The topological polar surface area (TPSA) is 64.1 Å². The number of hydrogen-bond donors (Lipinski definition) is 2. The van der Waals surface area contributed by atoms with E-state index in [4.69, 9.17) is 33.3 Å². The highest BCUT2D eigenvalue weighted by Gasteiger charge is 2.10. The smallest absolute Gasteiger partial charge is 0.214 e. The van der Waals surface area contributed by atoms with Gasteiger partial charge in [0.25, 0.3) is 0 Å². The number of rotatable bonds is 8. The Morgan fingerprint density at radius 3 is 2.58 bits per heavy atom. The summed E-state index contributed by atoms with van der Waals surface area (Å²) in [4.78, 5) is 0. The number of aromatic amines is 1. The highest BCUT2D eigenvalue weighted by atomic mass is 35.5. The Kier molecular flexibility index (Phi) is 6.54. The Morgan fingerprint density at radius 2 is 1.81 bits per heavy atom. The van der Waals surface area contributed by atoms with Crippen molar-refractivity contribution in [3.05, 3.63) is 93.7 Å². The Labute approximate surface area is 190 Å². The monoisotopic (exact) mass is 452 g/mol. The Morgan fingerprint density at radius 1 is 1.03 bits per heavy atom. The summed E-state index contributed by atoms with van der Waals surface area (Å²) in [5.41, 5.74) is 6.20. The van der Waals surface area contributed by atoms with Crippen LogP contribution in [0.3, 0.4) is 0 Å². The van der Waals surface area contributed by atoms with Gasteiger partial charge in [-0.25, -0.2) is 9.77 Å². The van der Waals surface area contributed by atoms with Gasteiger partial charge < -0.3 is 14.9 Å². The van der Waals surface area contributed by atoms with Gasteiger partial charge in [-0.3, -0.25) is 0 Å². The van der Waals surface area contributed by atoms with Gasteiger partial charge >= 0.3 is 0 Å². The standard InChI is InChI=1S/C23H21ClN4O2S/c1-29-21-13-16(11-12-20(21)30-15-18-9-5-6-10-19(18)24)14-25-28-22(26-27-23(28)31)17-7-3-2-4-8-17/h2-13,25H,14-15H2,1H3,(H,27,31). The minimum absolute atomic E-state index is 0.359. The molecule has 0 aliphatic rings. The van der Waals surface area contributed by atoms with Crippen LogP contribution < -0.4 is 14.9 Å². The predicted molar refractivity (Wildman–Crippen MR) is 125 cm³/mol. The fourth-order valence-electron chi connectivity index (χ4n) is 3.11. The zero-order valence-electron chi connectivity index (χ0n) is 16.8. The summed E-state index contributed by atoms with van der Waals surface area (Å²) in [6.07, 6.45) is 0. The number of nitrogens with zero attached hydrogens (tertiary/aromatic N) is 2. The van der Waals surface area contributed by atoms with Crippen LogP contribution in [0.1, 0.15) is 11.1 Å². The average Bonchev–Trinajstić information content (AvgIpc) is 3.18. The van der Waals surface area contributed by atoms with E-state index >= 15 is 0 Å². The van der Waals surface area contributed by atoms with Crippen molar-refractivity contribution < 1.29 is 9.47 Å². The molecule has 0 saturated heterocycles. The van der Waals surface area contributed by atoms with Crippen LogP contribution >= 0.6 is 23.8 Å².